The van der Waals surface area contributed by atoms with Crippen LogP contribution in [-0.2, 0) is 0 Å². The normalized spacial score (nSPS) is 9.71. The quantitative estimate of drug-likeness (QED) is 0.682. The van der Waals surface area contributed by atoms with Crippen LogP contribution in [0, 0.1) is 0 Å². The number of nitrogens with zero attached hydrogens (tertiary/aromatic N) is 1. The Kier molecular flexibility index (Phi) is 5.37. The van der Waals surface area contributed by atoms with Crippen molar-refractivity contribution >= 4 is 55.3 Å². The van der Waals surface area contributed by atoms with Crippen molar-refractivity contribution in [1.82, 2.24) is 4.98 Å². The van der Waals surface area contributed by atoms with Gasteiger partial charge >= 0.3 is 0 Å². The summed E-state index contributed by atoms with van der Waals surface area (Å²) in [4.78, 5) is 15.1. The molecule has 5 heteroatoms. The highest BCUT2D eigenvalue weighted by Crippen LogP contribution is 2.28. The smallest absolute Gasteiger partial charge is 0.270 e. The first-order chi connectivity index (χ1) is 8.09. The molecule has 0 aliphatic rings. The van der Waals surface area contributed by atoms with Crippen molar-refractivity contribution in [2.75, 3.05) is 0 Å². The van der Waals surface area contributed by atoms with Crippen molar-refractivity contribution < 1.29 is 4.79 Å². The SMILES string of the molecule is CC.O=C(Cl)c1cc(Cl)c2cccc(Br)c2n1. The molecule has 0 N–H and O–H groups in total. The number of hydrogen-bond acceptors (Lipinski definition) is 2. The second-order valence-corrected chi connectivity index (χ2v) is 4.50. The van der Waals surface area contributed by atoms with Crippen LogP contribution in [0.4, 0.5) is 0 Å². The molecule has 0 aliphatic carbocycles. The summed E-state index contributed by atoms with van der Waals surface area (Å²) in [6.45, 7) is 4.00. The molecule has 0 radical (unpaired) electrons. The van der Waals surface area contributed by atoms with Gasteiger partial charge in [-0.3, -0.25) is 4.79 Å². The summed E-state index contributed by atoms with van der Waals surface area (Å²) in [5.41, 5.74) is 0.787. The van der Waals surface area contributed by atoms with Crippen LogP contribution in [0.2, 0.25) is 5.02 Å². The Bertz CT molecular complexity index is 557. The molecular formula is C12H10BrCl2NO. The Morgan fingerprint density at radius 3 is 2.59 bits per heavy atom. The monoisotopic (exact) mass is 333 g/mol. The summed E-state index contributed by atoms with van der Waals surface area (Å²) in [6, 6.07) is 6.97. The third-order valence-corrected chi connectivity index (χ3v) is 3.09. The number of pyridine rings is 1. The molecular weight excluding hydrogens is 325 g/mol. The highest BCUT2D eigenvalue weighted by molar-refractivity contribution is 9.10. The molecule has 0 atom stereocenters. The topological polar surface area (TPSA) is 30.0 Å². The predicted octanol–water partition coefficient (Wildman–Crippen LogP) is 5.06. The lowest BCUT2D eigenvalue weighted by Crippen LogP contribution is -1.95. The first-order valence-electron chi connectivity index (χ1n) is 5.04. The van der Waals surface area contributed by atoms with Crippen molar-refractivity contribution in [3.8, 4) is 0 Å². The highest BCUT2D eigenvalue weighted by Gasteiger charge is 2.10. The van der Waals surface area contributed by atoms with Gasteiger partial charge < -0.3 is 0 Å². The van der Waals surface area contributed by atoms with Crippen LogP contribution in [-0.4, -0.2) is 10.2 Å². The minimum absolute atomic E-state index is 0.154. The van der Waals surface area contributed by atoms with Gasteiger partial charge in [-0.15, -0.1) is 0 Å². The van der Waals surface area contributed by atoms with Gasteiger partial charge in [-0.05, 0) is 39.7 Å². The molecule has 0 fully saturated rings. The lowest BCUT2D eigenvalue weighted by molar-refractivity contribution is 0.107. The maximum Gasteiger partial charge on any atom is 0.270 e. The molecule has 2 nitrogen and oxygen atoms in total. The maximum atomic E-state index is 11.0. The second-order valence-electron chi connectivity index (χ2n) is 2.90. The van der Waals surface area contributed by atoms with Crippen molar-refractivity contribution in [2.45, 2.75) is 13.8 Å². The Balaban J connectivity index is 0.000000686. The van der Waals surface area contributed by atoms with Crippen molar-refractivity contribution in [2.24, 2.45) is 0 Å². The third kappa shape index (κ3) is 3.18. The van der Waals surface area contributed by atoms with Crippen LogP contribution < -0.4 is 0 Å². The minimum atomic E-state index is -0.616. The number of benzene rings is 1. The van der Waals surface area contributed by atoms with E-state index in [2.05, 4.69) is 20.9 Å². The Hall–Kier alpha value is -0.640. The number of halogens is 3. The maximum absolute atomic E-state index is 11.0. The largest absolute Gasteiger partial charge is 0.274 e. The zero-order valence-corrected chi connectivity index (χ0v) is 12.4. The molecule has 0 spiro atoms. The van der Waals surface area contributed by atoms with E-state index in [9.17, 15) is 4.79 Å². The molecule has 0 amide bonds. The van der Waals surface area contributed by atoms with Crippen molar-refractivity contribution in [1.29, 1.82) is 0 Å². The molecule has 1 aromatic carbocycles. The third-order valence-electron chi connectivity index (χ3n) is 1.94. The van der Waals surface area contributed by atoms with E-state index in [1.165, 1.54) is 6.07 Å². The van der Waals surface area contributed by atoms with E-state index < -0.39 is 5.24 Å². The van der Waals surface area contributed by atoms with Crippen LogP contribution in [0.5, 0.6) is 0 Å². The van der Waals surface area contributed by atoms with Crippen LogP contribution in [0.1, 0.15) is 24.3 Å². The lowest BCUT2D eigenvalue weighted by Gasteiger charge is -2.03. The van der Waals surface area contributed by atoms with Crippen molar-refractivity contribution in [3.63, 3.8) is 0 Å². The van der Waals surface area contributed by atoms with Gasteiger partial charge in [0.1, 0.15) is 5.69 Å². The Labute approximate surface area is 118 Å². The van der Waals surface area contributed by atoms with Crippen LogP contribution in [0.15, 0.2) is 28.7 Å². The molecule has 90 valence electrons. The Morgan fingerprint density at radius 1 is 1.35 bits per heavy atom. The number of carbonyl (C=O) groups excluding carboxylic acids is 1. The van der Waals surface area contributed by atoms with Gasteiger partial charge in [-0.1, -0.05) is 37.6 Å². The molecule has 17 heavy (non-hydrogen) atoms. The summed E-state index contributed by atoms with van der Waals surface area (Å²) in [6.07, 6.45) is 0. The number of carbonyl (C=O) groups is 1. The summed E-state index contributed by atoms with van der Waals surface area (Å²) < 4.78 is 0.779. The van der Waals surface area contributed by atoms with Crippen LogP contribution in [0.3, 0.4) is 0 Å². The predicted molar refractivity (Wildman–Crippen MR) is 76.0 cm³/mol. The average molecular weight is 335 g/mol. The summed E-state index contributed by atoms with van der Waals surface area (Å²) in [5, 5.41) is 0.632. The molecule has 0 saturated carbocycles. The van der Waals surface area contributed by atoms with E-state index in [1.54, 1.807) is 0 Å². The van der Waals surface area contributed by atoms with E-state index in [1.807, 2.05) is 32.0 Å². The summed E-state index contributed by atoms with van der Waals surface area (Å²) >= 11 is 14.7. The van der Waals surface area contributed by atoms with Gasteiger partial charge in [0.25, 0.3) is 5.24 Å². The molecule has 2 rings (SSSR count). The zero-order chi connectivity index (χ0) is 13.0. The van der Waals surface area contributed by atoms with E-state index in [0.29, 0.717) is 10.5 Å². The summed E-state index contributed by atoms with van der Waals surface area (Å²) in [7, 11) is 0. The van der Waals surface area contributed by atoms with Gasteiger partial charge in [0.05, 0.1) is 10.5 Å². The van der Waals surface area contributed by atoms with Gasteiger partial charge in [0.15, 0.2) is 0 Å². The highest BCUT2D eigenvalue weighted by atomic mass is 79.9. The molecule has 0 unspecified atom stereocenters. The first-order valence-corrected chi connectivity index (χ1v) is 6.59. The average Bonchev–Trinajstić information content (AvgIpc) is 2.33. The standard InChI is InChI=1S/C10H4BrCl2NO.C2H6/c11-6-3-1-2-5-7(12)4-8(10(13)15)14-9(5)6;1-2/h1-4H;1-2H3. The number of rotatable bonds is 1. The Morgan fingerprint density at radius 2 is 2.00 bits per heavy atom. The minimum Gasteiger partial charge on any atom is -0.274 e. The molecule has 1 heterocycles. The number of hydrogen-bond donors (Lipinski definition) is 0. The first kappa shape index (κ1) is 14.4. The fourth-order valence-corrected chi connectivity index (χ4v) is 2.08. The number of para-hydroxylation sites is 1. The fourth-order valence-electron chi connectivity index (χ4n) is 1.27. The second kappa shape index (κ2) is 6.34. The molecule has 0 saturated heterocycles. The lowest BCUT2D eigenvalue weighted by atomic mass is 10.2. The van der Waals surface area contributed by atoms with E-state index >= 15 is 0 Å². The molecule has 1 aromatic heterocycles. The molecule has 0 aliphatic heterocycles. The zero-order valence-electron chi connectivity index (χ0n) is 9.30. The van der Waals surface area contributed by atoms with Gasteiger partial charge in [0.2, 0.25) is 0 Å². The molecule has 0 bridgehead atoms. The number of aromatic nitrogens is 1. The number of fused-ring (bicyclic) bond motifs is 1. The van der Waals surface area contributed by atoms with Gasteiger partial charge in [0, 0.05) is 9.86 Å². The van der Waals surface area contributed by atoms with Crippen molar-refractivity contribution in [3.05, 3.63) is 39.5 Å². The van der Waals surface area contributed by atoms with Gasteiger partial charge in [-0.2, -0.15) is 0 Å². The summed E-state index contributed by atoms with van der Waals surface area (Å²) in [5.74, 6) is 0. The molecule has 2 aromatic rings. The van der Waals surface area contributed by atoms with Crippen LogP contribution >= 0.6 is 39.1 Å². The van der Waals surface area contributed by atoms with E-state index in [4.69, 9.17) is 23.2 Å². The fraction of sp³-hybridized carbons (Fsp3) is 0.167. The van der Waals surface area contributed by atoms with E-state index in [-0.39, 0.29) is 5.69 Å². The van der Waals surface area contributed by atoms with E-state index in [0.717, 1.165) is 9.86 Å². The van der Waals surface area contributed by atoms with Gasteiger partial charge in [-0.25, -0.2) is 4.98 Å². The van der Waals surface area contributed by atoms with Crippen LogP contribution in [0.25, 0.3) is 10.9 Å².